The van der Waals surface area contributed by atoms with Crippen molar-refractivity contribution in [3.8, 4) is 0 Å². The number of sulfonamides is 1. The molecule has 0 spiro atoms. The van der Waals surface area contributed by atoms with Crippen molar-refractivity contribution in [1.82, 2.24) is 4.31 Å². The lowest BCUT2D eigenvalue weighted by Gasteiger charge is -2.34. The Labute approximate surface area is 135 Å². The van der Waals surface area contributed by atoms with E-state index in [4.69, 9.17) is 5.73 Å². The molecule has 6 heteroatoms. The van der Waals surface area contributed by atoms with Gasteiger partial charge in [-0.25, -0.2) is 8.42 Å². The monoisotopic (exact) mass is 374 g/mol. The van der Waals surface area contributed by atoms with Crippen LogP contribution in [0.2, 0.25) is 0 Å². The molecule has 1 aromatic carbocycles. The van der Waals surface area contributed by atoms with Crippen molar-refractivity contribution in [3.05, 3.63) is 27.7 Å². The van der Waals surface area contributed by atoms with Gasteiger partial charge < -0.3 is 5.73 Å². The van der Waals surface area contributed by atoms with Gasteiger partial charge in [-0.1, -0.05) is 19.9 Å². The Morgan fingerprint density at radius 3 is 2.38 bits per heavy atom. The number of nitrogens with two attached hydrogens (primary N) is 1. The Morgan fingerprint density at radius 1 is 1.29 bits per heavy atom. The molecule has 4 nitrogen and oxygen atoms in total. The van der Waals surface area contributed by atoms with Crippen molar-refractivity contribution in [2.45, 2.75) is 38.6 Å². The fourth-order valence-electron chi connectivity index (χ4n) is 3.06. The fraction of sp³-hybridized carbons (Fsp3) is 0.600. The predicted octanol–water partition coefficient (Wildman–Crippen LogP) is 2.88. The van der Waals surface area contributed by atoms with Crippen molar-refractivity contribution < 1.29 is 8.42 Å². The first-order valence-electron chi connectivity index (χ1n) is 7.25. The molecule has 118 valence electrons. The summed E-state index contributed by atoms with van der Waals surface area (Å²) >= 11 is 3.43. The van der Waals surface area contributed by atoms with Crippen molar-refractivity contribution in [2.24, 2.45) is 17.6 Å². The van der Waals surface area contributed by atoms with Gasteiger partial charge >= 0.3 is 0 Å². The predicted molar refractivity (Wildman–Crippen MR) is 88.5 cm³/mol. The SMILES string of the molecule is Cc1cc(CN)cc(S(=O)(=O)N2CC(C)CC(C)C2)c1Br. The van der Waals surface area contributed by atoms with Crippen LogP contribution in [0.4, 0.5) is 0 Å². The summed E-state index contributed by atoms with van der Waals surface area (Å²) in [4.78, 5) is 0.337. The molecule has 1 aliphatic heterocycles. The molecular formula is C15H23BrN2O2S. The lowest BCUT2D eigenvalue weighted by Crippen LogP contribution is -2.42. The number of benzene rings is 1. The first kappa shape index (κ1) is 16.9. The molecule has 1 aromatic rings. The number of halogens is 1. The van der Waals surface area contributed by atoms with Crippen LogP contribution in [-0.4, -0.2) is 25.8 Å². The van der Waals surface area contributed by atoms with Crippen molar-refractivity contribution in [1.29, 1.82) is 0 Å². The van der Waals surface area contributed by atoms with E-state index in [1.807, 2.05) is 13.0 Å². The summed E-state index contributed by atoms with van der Waals surface area (Å²) in [6.45, 7) is 7.62. The Balaban J connectivity index is 2.46. The summed E-state index contributed by atoms with van der Waals surface area (Å²) in [6, 6.07) is 3.61. The maximum absolute atomic E-state index is 13.0. The largest absolute Gasteiger partial charge is 0.326 e. The molecule has 2 unspecified atom stereocenters. The first-order chi connectivity index (χ1) is 9.75. The smallest absolute Gasteiger partial charge is 0.244 e. The van der Waals surface area contributed by atoms with Crippen LogP contribution in [0.15, 0.2) is 21.5 Å². The number of piperidine rings is 1. The molecule has 0 aliphatic carbocycles. The normalized spacial score (nSPS) is 24.2. The van der Waals surface area contributed by atoms with Gasteiger partial charge in [-0.3, -0.25) is 0 Å². The topological polar surface area (TPSA) is 63.4 Å². The molecule has 1 saturated heterocycles. The van der Waals surface area contributed by atoms with Gasteiger partial charge in [-0.15, -0.1) is 0 Å². The summed E-state index contributed by atoms with van der Waals surface area (Å²) in [5, 5.41) is 0. The molecule has 0 bridgehead atoms. The van der Waals surface area contributed by atoms with Crippen molar-refractivity contribution >= 4 is 26.0 Å². The minimum Gasteiger partial charge on any atom is -0.326 e. The molecule has 21 heavy (non-hydrogen) atoms. The molecule has 0 aromatic heterocycles. The molecule has 0 saturated carbocycles. The standard InChI is InChI=1S/C15H23BrN2O2S/c1-10-4-11(2)9-18(8-10)21(19,20)14-6-13(7-17)5-12(3)15(14)16/h5-6,10-11H,4,7-9,17H2,1-3H3. The summed E-state index contributed by atoms with van der Waals surface area (Å²) in [5.41, 5.74) is 7.42. The highest BCUT2D eigenvalue weighted by Crippen LogP contribution is 2.32. The Kier molecular flexibility index (Phi) is 5.13. The van der Waals surface area contributed by atoms with Crippen LogP contribution in [0.25, 0.3) is 0 Å². The van der Waals surface area contributed by atoms with Gasteiger partial charge in [0, 0.05) is 24.1 Å². The van der Waals surface area contributed by atoms with E-state index in [2.05, 4.69) is 29.8 Å². The van der Waals surface area contributed by atoms with Crippen LogP contribution in [0, 0.1) is 18.8 Å². The van der Waals surface area contributed by atoms with Crippen molar-refractivity contribution in [2.75, 3.05) is 13.1 Å². The van der Waals surface area contributed by atoms with Gasteiger partial charge in [-0.2, -0.15) is 4.31 Å². The minimum absolute atomic E-state index is 0.337. The van der Waals surface area contributed by atoms with Gasteiger partial charge in [0.2, 0.25) is 10.0 Å². The molecule has 1 fully saturated rings. The maximum atomic E-state index is 13.0. The molecule has 2 rings (SSSR count). The summed E-state index contributed by atoms with van der Waals surface area (Å²) < 4.78 is 28.2. The van der Waals surface area contributed by atoms with Gasteiger partial charge in [0.05, 0.1) is 4.90 Å². The quantitative estimate of drug-likeness (QED) is 0.884. The average Bonchev–Trinajstić information content (AvgIpc) is 2.40. The highest BCUT2D eigenvalue weighted by Gasteiger charge is 2.33. The zero-order chi connectivity index (χ0) is 15.8. The van der Waals surface area contributed by atoms with Crippen LogP contribution in [-0.2, 0) is 16.6 Å². The van der Waals surface area contributed by atoms with E-state index >= 15 is 0 Å². The molecule has 1 aliphatic rings. The fourth-order valence-corrected chi connectivity index (χ4v) is 5.77. The molecule has 2 N–H and O–H groups in total. The van der Waals surface area contributed by atoms with Crippen molar-refractivity contribution in [3.63, 3.8) is 0 Å². The zero-order valence-electron chi connectivity index (χ0n) is 12.8. The lowest BCUT2D eigenvalue weighted by atomic mass is 9.94. The van der Waals surface area contributed by atoms with Crippen LogP contribution < -0.4 is 5.73 Å². The van der Waals surface area contributed by atoms with E-state index in [0.717, 1.165) is 17.5 Å². The molecule has 0 amide bonds. The minimum atomic E-state index is -3.48. The highest BCUT2D eigenvalue weighted by molar-refractivity contribution is 9.10. The van der Waals surface area contributed by atoms with Gasteiger partial charge in [-0.05, 0) is 58.3 Å². The van der Waals surface area contributed by atoms with E-state index in [9.17, 15) is 8.42 Å². The van der Waals surface area contributed by atoms with Gasteiger partial charge in [0.15, 0.2) is 0 Å². The number of aryl methyl sites for hydroxylation is 1. The Morgan fingerprint density at radius 2 is 1.86 bits per heavy atom. The molecular weight excluding hydrogens is 352 g/mol. The second-order valence-corrected chi connectivity index (χ2v) is 8.90. The third-order valence-electron chi connectivity index (χ3n) is 3.97. The van der Waals surface area contributed by atoms with Crippen LogP contribution in [0.3, 0.4) is 0 Å². The van der Waals surface area contributed by atoms with Crippen LogP contribution in [0.5, 0.6) is 0 Å². The number of nitrogens with zero attached hydrogens (tertiary/aromatic N) is 1. The summed E-state index contributed by atoms with van der Waals surface area (Å²) in [5.74, 6) is 0.780. The third kappa shape index (κ3) is 3.50. The number of hydrogen-bond acceptors (Lipinski definition) is 3. The van der Waals surface area contributed by atoms with E-state index in [0.29, 0.717) is 40.8 Å². The number of rotatable bonds is 3. The van der Waals surface area contributed by atoms with E-state index in [-0.39, 0.29) is 0 Å². The zero-order valence-corrected chi connectivity index (χ0v) is 15.2. The number of hydrogen-bond donors (Lipinski definition) is 1. The van der Waals surface area contributed by atoms with E-state index in [1.54, 1.807) is 10.4 Å². The maximum Gasteiger partial charge on any atom is 0.244 e. The Hall–Kier alpha value is -0.430. The Bertz CT molecular complexity index is 621. The summed E-state index contributed by atoms with van der Waals surface area (Å²) in [6.07, 6.45) is 1.08. The molecule has 2 atom stereocenters. The molecule has 1 heterocycles. The van der Waals surface area contributed by atoms with E-state index < -0.39 is 10.0 Å². The van der Waals surface area contributed by atoms with Crippen LogP contribution >= 0.6 is 15.9 Å². The summed E-state index contributed by atoms with van der Waals surface area (Å²) in [7, 11) is -3.48. The van der Waals surface area contributed by atoms with E-state index in [1.165, 1.54) is 0 Å². The van der Waals surface area contributed by atoms with Gasteiger partial charge in [0.25, 0.3) is 0 Å². The second kappa shape index (κ2) is 6.36. The van der Waals surface area contributed by atoms with Gasteiger partial charge in [0.1, 0.15) is 0 Å². The molecule has 0 radical (unpaired) electrons. The van der Waals surface area contributed by atoms with Crippen LogP contribution in [0.1, 0.15) is 31.4 Å². The average molecular weight is 375 g/mol. The highest BCUT2D eigenvalue weighted by atomic mass is 79.9. The third-order valence-corrected chi connectivity index (χ3v) is 7.14. The lowest BCUT2D eigenvalue weighted by molar-refractivity contribution is 0.222. The second-order valence-electron chi connectivity index (χ2n) is 6.20. The first-order valence-corrected chi connectivity index (χ1v) is 9.48.